The number of rotatable bonds is 6. The zero-order valence-electron chi connectivity index (χ0n) is 19.9. The Morgan fingerprint density at radius 2 is 1.44 bits per heavy atom. The first-order valence-corrected chi connectivity index (χ1v) is 12.9. The number of hydrogen-bond donors (Lipinski definition) is 0. The molecule has 0 heterocycles. The fourth-order valence-corrected chi connectivity index (χ4v) is 7.78. The monoisotopic (exact) mass is 476 g/mol. The van der Waals surface area contributed by atoms with Crippen LogP contribution < -0.4 is 4.18 Å². The quantitative estimate of drug-likeness (QED) is 0.263. The second-order valence-corrected chi connectivity index (χ2v) is 12.4. The topological polar surface area (TPSA) is 35.5 Å². The van der Waals surface area contributed by atoms with Gasteiger partial charge in [0.25, 0.3) is 0 Å². The molecule has 0 aliphatic heterocycles. The van der Waals surface area contributed by atoms with E-state index in [1.54, 1.807) is 31.2 Å². The van der Waals surface area contributed by atoms with Gasteiger partial charge in [-0.05, 0) is 85.9 Å². The summed E-state index contributed by atoms with van der Waals surface area (Å²) in [6, 6.07) is 28.2. The summed E-state index contributed by atoms with van der Waals surface area (Å²) in [6.45, 7) is 8.42. The van der Waals surface area contributed by atoms with Crippen molar-refractivity contribution in [2.45, 2.75) is 42.2 Å². The molecule has 0 N–H and O–H groups in total. The number of carbonyl (C=O) groups excluding carboxylic acids is 1. The molecule has 0 unspecified atom stereocenters. The van der Waals surface area contributed by atoms with Crippen molar-refractivity contribution in [1.29, 1.82) is 0 Å². The maximum Gasteiger partial charge on any atom is 0.338 e. The van der Waals surface area contributed by atoms with Crippen LogP contribution in [0.2, 0.25) is 0 Å². The van der Waals surface area contributed by atoms with Crippen molar-refractivity contribution in [3.8, 4) is 5.75 Å². The number of halogens is 1. The van der Waals surface area contributed by atoms with Crippen LogP contribution in [0.25, 0.3) is 10.8 Å². The van der Waals surface area contributed by atoms with Gasteiger partial charge in [-0.1, -0.05) is 48.5 Å². The minimum atomic E-state index is -2.20. The molecule has 0 fully saturated rings. The normalized spacial score (nSPS) is 12.4. The molecule has 0 amide bonds. The third kappa shape index (κ3) is 4.28. The zero-order chi connectivity index (χ0) is 24.3. The molecule has 176 valence electrons. The van der Waals surface area contributed by atoms with Crippen molar-refractivity contribution in [1.82, 2.24) is 0 Å². The fraction of sp³-hybridized carbons (Fsp3) is 0.207. The Hall–Kier alpha value is -3.31. The average Bonchev–Trinajstić information content (AvgIpc) is 2.83. The Bertz CT molecular complexity index is 1260. The summed E-state index contributed by atoms with van der Waals surface area (Å²) < 4.78 is 27.1. The summed E-state index contributed by atoms with van der Waals surface area (Å²) in [4.78, 5) is 14.7. The highest BCUT2D eigenvalue weighted by Crippen LogP contribution is 2.71. The van der Waals surface area contributed by atoms with E-state index in [4.69, 9.17) is 8.92 Å². The molecule has 0 spiro atoms. The number of fused-ring (bicyclic) bond motifs is 1. The molecule has 0 aromatic heterocycles. The van der Waals surface area contributed by atoms with Crippen LogP contribution in [0.15, 0.2) is 101 Å². The SMILES string of the molecule is CCOC(=O)c1cc(OS(c2ccccc2)(c2ccccc2)C(C)(C)C)c2c(F)cccc2c1. The molecule has 3 nitrogen and oxygen atoms in total. The summed E-state index contributed by atoms with van der Waals surface area (Å²) in [5.41, 5.74) is 0.332. The fourth-order valence-electron chi connectivity index (χ4n) is 4.17. The number of hydrogen-bond acceptors (Lipinski definition) is 3. The molecule has 0 radical (unpaired) electrons. The molecule has 4 rings (SSSR count). The lowest BCUT2D eigenvalue weighted by atomic mass is 10.1. The van der Waals surface area contributed by atoms with E-state index >= 15 is 4.39 Å². The van der Waals surface area contributed by atoms with E-state index in [0.29, 0.717) is 22.1 Å². The maximum atomic E-state index is 15.2. The first-order chi connectivity index (χ1) is 16.3. The number of carbonyl (C=O) groups is 1. The maximum absolute atomic E-state index is 15.2. The van der Waals surface area contributed by atoms with Gasteiger partial charge in [-0.15, -0.1) is 0 Å². The Balaban J connectivity index is 2.04. The predicted octanol–water partition coefficient (Wildman–Crippen LogP) is 8.17. The Labute approximate surface area is 202 Å². The van der Waals surface area contributed by atoms with E-state index in [1.807, 2.05) is 36.4 Å². The molecule has 0 atom stereocenters. The molecule has 34 heavy (non-hydrogen) atoms. The van der Waals surface area contributed by atoms with Gasteiger partial charge in [-0.25, -0.2) is 9.18 Å². The third-order valence-corrected chi connectivity index (χ3v) is 9.65. The molecule has 0 saturated heterocycles. The highest BCUT2D eigenvalue weighted by atomic mass is 32.3. The lowest BCUT2D eigenvalue weighted by Gasteiger charge is -2.50. The van der Waals surface area contributed by atoms with Crippen molar-refractivity contribution in [3.05, 3.63) is 102 Å². The first-order valence-electron chi connectivity index (χ1n) is 11.3. The lowest BCUT2D eigenvalue weighted by Crippen LogP contribution is -2.30. The predicted molar refractivity (Wildman–Crippen MR) is 137 cm³/mol. The molecule has 0 aliphatic rings. The van der Waals surface area contributed by atoms with Crippen molar-refractivity contribution < 1.29 is 18.1 Å². The summed E-state index contributed by atoms with van der Waals surface area (Å²) in [5, 5.41) is 0.937. The van der Waals surface area contributed by atoms with Crippen LogP contribution in [0.4, 0.5) is 4.39 Å². The smallest absolute Gasteiger partial charge is 0.338 e. The first kappa shape index (κ1) is 23.8. The van der Waals surface area contributed by atoms with E-state index in [-0.39, 0.29) is 11.4 Å². The summed E-state index contributed by atoms with van der Waals surface area (Å²) >= 11 is 0. The summed E-state index contributed by atoms with van der Waals surface area (Å²) in [7, 11) is -2.20. The summed E-state index contributed by atoms with van der Waals surface area (Å²) in [6.07, 6.45) is 0. The van der Waals surface area contributed by atoms with Crippen molar-refractivity contribution in [2.24, 2.45) is 0 Å². The van der Waals surface area contributed by atoms with Crippen molar-refractivity contribution in [3.63, 3.8) is 0 Å². The molecule has 0 aliphatic carbocycles. The molecule has 5 heteroatoms. The highest BCUT2D eigenvalue weighted by molar-refractivity contribution is 8.31. The van der Waals surface area contributed by atoms with Crippen LogP contribution in [-0.2, 0) is 4.74 Å². The number of esters is 1. The van der Waals surface area contributed by atoms with Crippen LogP contribution >= 0.6 is 10.3 Å². The van der Waals surface area contributed by atoms with Crippen LogP contribution in [0.3, 0.4) is 0 Å². The van der Waals surface area contributed by atoms with Gasteiger partial charge in [0.15, 0.2) is 0 Å². The van der Waals surface area contributed by atoms with Gasteiger partial charge in [-0.3, -0.25) is 0 Å². The van der Waals surface area contributed by atoms with Gasteiger partial charge in [-0.2, -0.15) is 0 Å². The van der Waals surface area contributed by atoms with Crippen LogP contribution in [0.5, 0.6) is 5.75 Å². The van der Waals surface area contributed by atoms with Gasteiger partial charge in [0.2, 0.25) is 0 Å². The van der Waals surface area contributed by atoms with E-state index in [2.05, 4.69) is 45.0 Å². The Morgan fingerprint density at radius 1 is 0.853 bits per heavy atom. The van der Waals surface area contributed by atoms with Gasteiger partial charge in [0, 0.05) is 14.5 Å². The molecule has 4 aromatic carbocycles. The van der Waals surface area contributed by atoms with Gasteiger partial charge in [0.1, 0.15) is 11.6 Å². The average molecular weight is 477 g/mol. The second kappa shape index (κ2) is 9.51. The zero-order valence-corrected chi connectivity index (χ0v) is 20.7. The van der Waals surface area contributed by atoms with Gasteiger partial charge >= 0.3 is 5.97 Å². The Morgan fingerprint density at radius 3 is 1.97 bits per heavy atom. The van der Waals surface area contributed by atoms with E-state index in [1.165, 1.54) is 6.07 Å². The molecule has 4 aromatic rings. The minimum absolute atomic E-state index is 0.251. The Kier molecular flexibility index (Phi) is 6.67. The van der Waals surface area contributed by atoms with Crippen LogP contribution in [0.1, 0.15) is 38.1 Å². The lowest BCUT2D eigenvalue weighted by molar-refractivity contribution is 0.0526. The van der Waals surface area contributed by atoms with Gasteiger partial charge < -0.3 is 8.92 Å². The van der Waals surface area contributed by atoms with Gasteiger partial charge in [0.05, 0.1) is 17.6 Å². The van der Waals surface area contributed by atoms with E-state index in [9.17, 15) is 4.79 Å². The third-order valence-electron chi connectivity index (χ3n) is 5.63. The minimum Gasteiger partial charge on any atom is -0.462 e. The molecule has 0 bridgehead atoms. The summed E-state index contributed by atoms with van der Waals surface area (Å²) in [5.74, 6) is -0.531. The van der Waals surface area contributed by atoms with Crippen molar-refractivity contribution in [2.75, 3.05) is 6.61 Å². The molecular weight excluding hydrogens is 447 g/mol. The number of benzene rings is 4. The second-order valence-electron chi connectivity index (χ2n) is 8.91. The number of ether oxygens (including phenoxy) is 1. The van der Waals surface area contributed by atoms with E-state index < -0.39 is 22.1 Å². The molecule has 0 saturated carbocycles. The van der Waals surface area contributed by atoms with Crippen LogP contribution in [-0.4, -0.2) is 17.3 Å². The van der Waals surface area contributed by atoms with E-state index in [0.717, 1.165) is 9.79 Å². The standard InChI is InChI=1S/C29H29FO3S/c1-5-32-28(31)22-19-21-13-12-18-25(30)27(21)26(20-22)33-34(29(2,3)4,23-14-8-6-9-15-23)24-16-10-7-11-17-24/h6-20H,5H2,1-4H3. The van der Waals surface area contributed by atoms with Crippen molar-refractivity contribution >= 4 is 27.1 Å². The molecular formula is C29H29FO3S. The highest BCUT2D eigenvalue weighted by Gasteiger charge is 2.43. The largest absolute Gasteiger partial charge is 0.462 e. The van der Waals surface area contributed by atoms with Crippen LogP contribution in [0, 0.1) is 5.82 Å².